The van der Waals surface area contributed by atoms with E-state index in [4.69, 9.17) is 4.74 Å². The molecule has 1 heterocycles. The second kappa shape index (κ2) is 5.71. The van der Waals surface area contributed by atoms with Crippen LogP contribution in [0.2, 0.25) is 0 Å². The number of ether oxygens (including phenoxy) is 1. The summed E-state index contributed by atoms with van der Waals surface area (Å²) < 4.78 is 5.22. The van der Waals surface area contributed by atoms with Crippen LogP contribution in [0.3, 0.4) is 0 Å². The van der Waals surface area contributed by atoms with Crippen molar-refractivity contribution < 1.29 is 4.74 Å². The Balaban J connectivity index is 2.32. The smallest absolute Gasteiger partial charge is 0.121 e. The molecule has 1 saturated heterocycles. The van der Waals surface area contributed by atoms with Crippen LogP contribution in [0.4, 0.5) is 11.4 Å². The Kier molecular flexibility index (Phi) is 4.03. The van der Waals surface area contributed by atoms with Crippen LogP contribution >= 0.6 is 0 Å². The molecule has 3 nitrogen and oxygen atoms in total. The van der Waals surface area contributed by atoms with Crippen molar-refractivity contribution in [2.75, 3.05) is 25.1 Å². The number of anilines is 1. The van der Waals surface area contributed by atoms with Crippen molar-refractivity contribution in [1.29, 1.82) is 0 Å². The lowest BCUT2D eigenvalue weighted by molar-refractivity contribution is 0.371. The second-order valence-electron chi connectivity index (χ2n) is 4.53. The van der Waals surface area contributed by atoms with Gasteiger partial charge in [0, 0.05) is 24.3 Å². The summed E-state index contributed by atoms with van der Waals surface area (Å²) in [4.78, 5) is 6.42. The van der Waals surface area contributed by atoms with E-state index >= 15 is 0 Å². The molecule has 1 aliphatic rings. The van der Waals surface area contributed by atoms with Gasteiger partial charge in [-0.15, -0.1) is 0 Å². The predicted molar refractivity (Wildman–Crippen MR) is 77.8 cm³/mol. The Labute approximate surface area is 109 Å². The van der Waals surface area contributed by atoms with Gasteiger partial charge in [-0.2, -0.15) is 0 Å². The molecule has 0 spiro atoms. The maximum Gasteiger partial charge on any atom is 0.121 e. The fraction of sp³-hybridized carbons (Fsp3) is 0.400. The average molecular weight is 244 g/mol. The molecule has 0 amide bonds. The number of hydrogen-bond acceptors (Lipinski definition) is 3. The third-order valence-corrected chi connectivity index (χ3v) is 3.42. The Morgan fingerprint density at radius 3 is 2.61 bits per heavy atom. The summed E-state index contributed by atoms with van der Waals surface area (Å²) in [5.74, 6) is 0.635. The fourth-order valence-electron chi connectivity index (χ4n) is 2.34. The lowest BCUT2D eigenvalue weighted by atomic mass is 10.1. The molecule has 0 bridgehead atoms. The predicted octanol–water partition coefficient (Wildman–Crippen LogP) is 3.63. The highest BCUT2D eigenvalue weighted by Crippen LogP contribution is 2.31. The van der Waals surface area contributed by atoms with Gasteiger partial charge in [-0.3, -0.25) is 4.99 Å². The Bertz CT molecular complexity index is 448. The van der Waals surface area contributed by atoms with Gasteiger partial charge in [-0.1, -0.05) is 6.58 Å². The molecule has 2 rings (SSSR count). The molecule has 1 fully saturated rings. The van der Waals surface area contributed by atoms with E-state index in [0.29, 0.717) is 5.76 Å². The molecular weight excluding hydrogens is 224 g/mol. The van der Waals surface area contributed by atoms with Crippen LogP contribution in [-0.4, -0.2) is 26.9 Å². The molecule has 0 aliphatic carbocycles. The summed E-state index contributed by atoms with van der Waals surface area (Å²) in [5, 5.41) is 0. The third-order valence-electron chi connectivity index (χ3n) is 3.42. The highest BCUT2D eigenvalue weighted by Gasteiger charge is 2.13. The van der Waals surface area contributed by atoms with Crippen LogP contribution in [0.5, 0.6) is 0 Å². The van der Waals surface area contributed by atoms with E-state index in [1.54, 1.807) is 7.11 Å². The molecule has 1 aliphatic heterocycles. The molecule has 0 aromatic heterocycles. The minimum Gasteiger partial charge on any atom is -0.497 e. The lowest BCUT2D eigenvalue weighted by Gasteiger charge is -2.29. The number of piperidine rings is 1. The number of hydrogen-bond donors (Lipinski definition) is 0. The summed E-state index contributed by atoms with van der Waals surface area (Å²) in [7, 11) is 1.63. The van der Waals surface area contributed by atoms with Crippen LogP contribution in [-0.2, 0) is 4.74 Å². The zero-order valence-electron chi connectivity index (χ0n) is 11.0. The molecule has 0 saturated carbocycles. The Morgan fingerprint density at radius 1 is 1.28 bits per heavy atom. The highest BCUT2D eigenvalue weighted by molar-refractivity contribution is 5.74. The summed E-state index contributed by atoms with van der Waals surface area (Å²) in [5.41, 5.74) is 2.97. The molecule has 0 N–H and O–H groups in total. The van der Waals surface area contributed by atoms with Crippen LogP contribution in [0.15, 0.2) is 29.8 Å². The van der Waals surface area contributed by atoms with Gasteiger partial charge in [0.25, 0.3) is 0 Å². The molecule has 1 aromatic carbocycles. The maximum absolute atomic E-state index is 5.22. The van der Waals surface area contributed by atoms with E-state index < -0.39 is 0 Å². The summed E-state index contributed by atoms with van der Waals surface area (Å²) in [6.45, 7) is 9.75. The molecule has 96 valence electrons. The van der Waals surface area contributed by atoms with E-state index in [0.717, 1.165) is 24.3 Å². The van der Waals surface area contributed by atoms with Crippen molar-refractivity contribution in [2.24, 2.45) is 4.99 Å². The Hall–Kier alpha value is -1.77. The first-order valence-electron chi connectivity index (χ1n) is 6.35. The zero-order valence-corrected chi connectivity index (χ0v) is 11.0. The van der Waals surface area contributed by atoms with Crippen molar-refractivity contribution in [2.45, 2.75) is 19.3 Å². The third kappa shape index (κ3) is 2.55. The largest absolute Gasteiger partial charge is 0.497 e. The summed E-state index contributed by atoms with van der Waals surface area (Å²) in [6, 6.07) is 6.18. The van der Waals surface area contributed by atoms with Gasteiger partial charge in [-0.05, 0) is 44.2 Å². The van der Waals surface area contributed by atoms with Crippen LogP contribution in [0, 0.1) is 0 Å². The van der Waals surface area contributed by atoms with Gasteiger partial charge >= 0.3 is 0 Å². The number of benzene rings is 1. The molecule has 0 unspecified atom stereocenters. The van der Waals surface area contributed by atoms with Gasteiger partial charge in [0.05, 0.1) is 12.8 Å². The van der Waals surface area contributed by atoms with E-state index in [1.807, 2.05) is 6.07 Å². The fourth-order valence-corrected chi connectivity index (χ4v) is 2.34. The minimum absolute atomic E-state index is 0.635. The molecule has 18 heavy (non-hydrogen) atoms. The Morgan fingerprint density at radius 2 is 2.00 bits per heavy atom. The first kappa shape index (κ1) is 12.7. The zero-order chi connectivity index (χ0) is 13.0. The number of nitrogens with zero attached hydrogens (tertiary/aromatic N) is 2. The molecule has 0 radical (unpaired) electrons. The first-order valence-corrected chi connectivity index (χ1v) is 6.35. The van der Waals surface area contributed by atoms with Gasteiger partial charge in [0.1, 0.15) is 5.76 Å². The first-order chi connectivity index (χ1) is 8.76. The van der Waals surface area contributed by atoms with E-state index in [2.05, 4.69) is 35.3 Å². The van der Waals surface area contributed by atoms with E-state index in [1.165, 1.54) is 24.9 Å². The van der Waals surface area contributed by atoms with Crippen LogP contribution < -0.4 is 4.90 Å². The standard InChI is InChI=1S/C15H20N2O/c1-12(18-3)14-11-13(7-8-15(14)16-2)17-9-5-4-6-10-17/h7-8,11H,1-2,4-6,9-10H2,3H3. The normalized spacial score (nSPS) is 15.3. The number of aliphatic imine (C=N–C) groups is 1. The number of rotatable bonds is 4. The lowest BCUT2D eigenvalue weighted by Crippen LogP contribution is -2.29. The van der Waals surface area contributed by atoms with Crippen molar-refractivity contribution in [3.63, 3.8) is 0 Å². The maximum atomic E-state index is 5.22. The van der Waals surface area contributed by atoms with Crippen molar-refractivity contribution >= 4 is 23.9 Å². The molecule has 3 heteroatoms. The highest BCUT2D eigenvalue weighted by atomic mass is 16.5. The van der Waals surface area contributed by atoms with Crippen LogP contribution in [0.25, 0.3) is 5.76 Å². The molecular formula is C15H20N2O. The second-order valence-corrected chi connectivity index (χ2v) is 4.53. The topological polar surface area (TPSA) is 24.8 Å². The summed E-state index contributed by atoms with van der Waals surface area (Å²) in [6.07, 6.45) is 3.87. The van der Waals surface area contributed by atoms with Gasteiger partial charge < -0.3 is 9.64 Å². The van der Waals surface area contributed by atoms with Gasteiger partial charge in [0.15, 0.2) is 0 Å². The van der Waals surface area contributed by atoms with Crippen LogP contribution in [0.1, 0.15) is 24.8 Å². The monoisotopic (exact) mass is 244 g/mol. The van der Waals surface area contributed by atoms with Crippen molar-refractivity contribution in [1.82, 2.24) is 0 Å². The molecule has 1 aromatic rings. The van der Waals surface area contributed by atoms with Gasteiger partial charge in [0.2, 0.25) is 0 Å². The SMILES string of the molecule is C=Nc1ccc(N2CCCCC2)cc1C(=C)OC. The van der Waals surface area contributed by atoms with E-state index in [-0.39, 0.29) is 0 Å². The molecule has 0 atom stereocenters. The van der Waals surface area contributed by atoms with Crippen molar-refractivity contribution in [3.05, 3.63) is 30.3 Å². The average Bonchev–Trinajstić information content (AvgIpc) is 2.46. The van der Waals surface area contributed by atoms with Gasteiger partial charge in [-0.25, -0.2) is 0 Å². The minimum atomic E-state index is 0.635. The summed E-state index contributed by atoms with van der Waals surface area (Å²) >= 11 is 0. The quantitative estimate of drug-likeness (QED) is 0.597. The van der Waals surface area contributed by atoms with E-state index in [9.17, 15) is 0 Å². The number of methoxy groups -OCH3 is 1. The van der Waals surface area contributed by atoms with Crippen molar-refractivity contribution in [3.8, 4) is 0 Å².